The lowest BCUT2D eigenvalue weighted by Crippen LogP contribution is -2.20. The second-order valence-electron chi connectivity index (χ2n) is 4.69. The molecule has 0 aromatic rings. The Morgan fingerprint density at radius 1 is 1.23 bits per heavy atom. The maximum Gasteiger partial charge on any atom is 0.0175 e. The van der Waals surface area contributed by atoms with Crippen LogP contribution in [0.15, 0.2) is 12.3 Å². The zero-order valence-electron chi connectivity index (χ0n) is 9.34. The number of likely N-dealkylation sites (tertiary alicyclic amines) is 1. The van der Waals surface area contributed by atoms with Crippen molar-refractivity contribution < 1.29 is 0 Å². The van der Waals surface area contributed by atoms with Gasteiger partial charge in [-0.15, -0.1) is 0 Å². The van der Waals surface area contributed by atoms with Crippen molar-refractivity contribution in [3.05, 3.63) is 12.3 Å². The van der Waals surface area contributed by atoms with Gasteiger partial charge in [0.25, 0.3) is 0 Å². The van der Waals surface area contributed by atoms with Crippen LogP contribution < -0.4 is 0 Å². The maximum atomic E-state index is 4.19. The molecule has 0 aliphatic carbocycles. The van der Waals surface area contributed by atoms with Crippen LogP contribution >= 0.6 is 0 Å². The summed E-state index contributed by atoms with van der Waals surface area (Å²) >= 11 is 0. The standard InChI is InChI=1S/C12H23N/c1-10(2)11(3)9-12(4)13-7-5-6-8-13/h10-11H,4-9H2,1-3H3/t11-/m0/s1. The van der Waals surface area contributed by atoms with Gasteiger partial charge in [-0.1, -0.05) is 27.4 Å². The predicted molar refractivity (Wildman–Crippen MR) is 58.6 cm³/mol. The third kappa shape index (κ3) is 3.06. The van der Waals surface area contributed by atoms with E-state index >= 15 is 0 Å². The van der Waals surface area contributed by atoms with Gasteiger partial charge in [-0.05, 0) is 31.1 Å². The molecule has 0 unspecified atom stereocenters. The van der Waals surface area contributed by atoms with Crippen LogP contribution in [0.2, 0.25) is 0 Å². The Labute approximate surface area is 82.8 Å². The van der Waals surface area contributed by atoms with E-state index in [4.69, 9.17) is 0 Å². The molecule has 13 heavy (non-hydrogen) atoms. The fourth-order valence-corrected chi connectivity index (χ4v) is 1.77. The van der Waals surface area contributed by atoms with Gasteiger partial charge >= 0.3 is 0 Å². The van der Waals surface area contributed by atoms with Crippen LogP contribution in [0.25, 0.3) is 0 Å². The Kier molecular flexibility index (Phi) is 3.83. The van der Waals surface area contributed by atoms with Crippen molar-refractivity contribution in [2.45, 2.75) is 40.0 Å². The zero-order valence-corrected chi connectivity index (χ0v) is 9.34. The van der Waals surface area contributed by atoms with Crippen molar-refractivity contribution in [2.24, 2.45) is 11.8 Å². The van der Waals surface area contributed by atoms with Crippen LogP contribution in [0.3, 0.4) is 0 Å². The van der Waals surface area contributed by atoms with Crippen LogP contribution in [0.4, 0.5) is 0 Å². The van der Waals surface area contributed by atoms with Gasteiger partial charge in [0.05, 0.1) is 0 Å². The molecule has 1 fully saturated rings. The monoisotopic (exact) mass is 181 g/mol. The Balaban J connectivity index is 2.31. The summed E-state index contributed by atoms with van der Waals surface area (Å²) in [6, 6.07) is 0. The highest BCUT2D eigenvalue weighted by Gasteiger charge is 2.16. The lowest BCUT2D eigenvalue weighted by molar-refractivity contribution is 0.344. The summed E-state index contributed by atoms with van der Waals surface area (Å²) in [4.78, 5) is 2.46. The number of nitrogens with zero attached hydrogens (tertiary/aromatic N) is 1. The van der Waals surface area contributed by atoms with E-state index in [0.29, 0.717) is 0 Å². The van der Waals surface area contributed by atoms with Gasteiger partial charge in [0.1, 0.15) is 0 Å². The third-order valence-corrected chi connectivity index (χ3v) is 3.25. The molecule has 76 valence electrons. The van der Waals surface area contributed by atoms with Crippen molar-refractivity contribution >= 4 is 0 Å². The van der Waals surface area contributed by atoms with E-state index in [2.05, 4.69) is 32.3 Å². The van der Waals surface area contributed by atoms with E-state index in [1.165, 1.54) is 38.0 Å². The first-order valence-corrected chi connectivity index (χ1v) is 5.54. The first kappa shape index (κ1) is 10.6. The minimum absolute atomic E-state index is 0.771. The molecule has 1 aliphatic heterocycles. The van der Waals surface area contributed by atoms with Gasteiger partial charge in [0, 0.05) is 18.8 Å². The van der Waals surface area contributed by atoms with Crippen LogP contribution in [-0.2, 0) is 0 Å². The molecule has 1 rings (SSSR count). The summed E-state index contributed by atoms with van der Waals surface area (Å²) in [6.07, 6.45) is 3.89. The highest BCUT2D eigenvalue weighted by molar-refractivity contribution is 4.97. The van der Waals surface area contributed by atoms with E-state index in [1.54, 1.807) is 0 Å². The first-order valence-electron chi connectivity index (χ1n) is 5.54. The summed E-state index contributed by atoms with van der Waals surface area (Å²) < 4.78 is 0. The average Bonchev–Trinajstić information content (AvgIpc) is 2.55. The fourth-order valence-electron chi connectivity index (χ4n) is 1.77. The van der Waals surface area contributed by atoms with E-state index in [-0.39, 0.29) is 0 Å². The number of hydrogen-bond acceptors (Lipinski definition) is 1. The van der Waals surface area contributed by atoms with E-state index in [1.807, 2.05) is 0 Å². The molecule has 1 heteroatoms. The minimum atomic E-state index is 0.771. The maximum absolute atomic E-state index is 4.19. The molecule has 1 heterocycles. The van der Waals surface area contributed by atoms with Gasteiger partial charge in [-0.25, -0.2) is 0 Å². The van der Waals surface area contributed by atoms with Crippen LogP contribution in [-0.4, -0.2) is 18.0 Å². The summed E-state index contributed by atoms with van der Waals surface area (Å²) in [5.74, 6) is 1.55. The SMILES string of the molecule is C=C(C[C@H](C)C(C)C)N1CCCC1. The highest BCUT2D eigenvalue weighted by Crippen LogP contribution is 2.23. The van der Waals surface area contributed by atoms with E-state index in [9.17, 15) is 0 Å². The van der Waals surface area contributed by atoms with Crippen molar-refractivity contribution in [2.75, 3.05) is 13.1 Å². The molecule has 1 saturated heterocycles. The summed E-state index contributed by atoms with van der Waals surface area (Å²) in [5, 5.41) is 0. The molecule has 0 aromatic heterocycles. The van der Waals surface area contributed by atoms with Gasteiger partial charge in [0.15, 0.2) is 0 Å². The van der Waals surface area contributed by atoms with Crippen molar-refractivity contribution in [3.63, 3.8) is 0 Å². The molecule has 1 atom stereocenters. The normalized spacial score (nSPS) is 19.5. The topological polar surface area (TPSA) is 3.24 Å². The molecule has 0 N–H and O–H groups in total. The molecular formula is C12H23N. The van der Waals surface area contributed by atoms with Crippen molar-refractivity contribution in [3.8, 4) is 0 Å². The van der Waals surface area contributed by atoms with Gasteiger partial charge < -0.3 is 4.90 Å². The molecular weight excluding hydrogens is 158 g/mol. The number of allylic oxidation sites excluding steroid dienone is 1. The third-order valence-electron chi connectivity index (χ3n) is 3.25. The quantitative estimate of drug-likeness (QED) is 0.643. The van der Waals surface area contributed by atoms with Crippen LogP contribution in [0.1, 0.15) is 40.0 Å². The van der Waals surface area contributed by atoms with Gasteiger partial charge in [0.2, 0.25) is 0 Å². The lowest BCUT2D eigenvalue weighted by Gasteiger charge is -2.24. The summed E-state index contributed by atoms with van der Waals surface area (Å²) in [7, 11) is 0. The lowest BCUT2D eigenvalue weighted by atomic mass is 9.93. The van der Waals surface area contributed by atoms with Crippen LogP contribution in [0.5, 0.6) is 0 Å². The molecule has 0 amide bonds. The smallest absolute Gasteiger partial charge is 0.0175 e. The fraction of sp³-hybridized carbons (Fsp3) is 0.833. The molecule has 0 spiro atoms. The van der Waals surface area contributed by atoms with E-state index < -0.39 is 0 Å². The van der Waals surface area contributed by atoms with Crippen molar-refractivity contribution in [1.29, 1.82) is 0 Å². The Morgan fingerprint density at radius 3 is 2.23 bits per heavy atom. The largest absolute Gasteiger partial charge is 0.375 e. The molecule has 0 bridgehead atoms. The number of rotatable bonds is 4. The molecule has 0 saturated carbocycles. The second kappa shape index (κ2) is 4.69. The highest BCUT2D eigenvalue weighted by atomic mass is 15.1. The molecule has 1 aliphatic rings. The molecule has 0 radical (unpaired) electrons. The van der Waals surface area contributed by atoms with Crippen LogP contribution in [0, 0.1) is 11.8 Å². The Morgan fingerprint density at radius 2 is 1.77 bits per heavy atom. The summed E-state index contributed by atoms with van der Waals surface area (Å²) in [6.45, 7) is 13.6. The minimum Gasteiger partial charge on any atom is -0.375 e. The van der Waals surface area contributed by atoms with E-state index in [0.717, 1.165) is 11.8 Å². The first-order chi connectivity index (χ1) is 6.11. The second-order valence-corrected chi connectivity index (χ2v) is 4.69. The Bertz CT molecular complexity index is 166. The van der Waals surface area contributed by atoms with Gasteiger partial charge in [-0.2, -0.15) is 0 Å². The number of hydrogen-bond donors (Lipinski definition) is 0. The zero-order chi connectivity index (χ0) is 9.84. The summed E-state index contributed by atoms with van der Waals surface area (Å²) in [5.41, 5.74) is 1.36. The predicted octanol–water partition coefficient (Wildman–Crippen LogP) is 3.28. The molecule has 1 nitrogen and oxygen atoms in total. The molecule has 0 aromatic carbocycles. The van der Waals surface area contributed by atoms with Crippen molar-refractivity contribution in [1.82, 2.24) is 4.90 Å². The average molecular weight is 181 g/mol. The van der Waals surface area contributed by atoms with Gasteiger partial charge in [-0.3, -0.25) is 0 Å². The Hall–Kier alpha value is -0.460.